The van der Waals surface area contributed by atoms with Crippen molar-refractivity contribution in [1.82, 2.24) is 0 Å². The molecule has 0 aromatic heterocycles. The molecule has 0 aromatic rings. The first-order valence-corrected chi connectivity index (χ1v) is 5.51. The van der Waals surface area contributed by atoms with Gasteiger partial charge in [-0.3, -0.25) is 0 Å². The van der Waals surface area contributed by atoms with Gasteiger partial charge in [0.2, 0.25) is 0 Å². The van der Waals surface area contributed by atoms with E-state index in [2.05, 4.69) is 4.74 Å². The van der Waals surface area contributed by atoms with Crippen molar-refractivity contribution >= 4 is 0 Å². The van der Waals surface area contributed by atoms with E-state index in [0.717, 1.165) is 0 Å². The molecule has 0 saturated carbocycles. The summed E-state index contributed by atoms with van der Waals surface area (Å²) in [6, 6.07) is 0. The molecule has 0 spiro atoms. The highest BCUT2D eigenvalue weighted by molar-refractivity contribution is 4.91. The first kappa shape index (κ1) is 20.3. The summed E-state index contributed by atoms with van der Waals surface area (Å²) in [6.07, 6.45) is -21.9. The highest BCUT2D eigenvalue weighted by atomic mass is 19.3. The summed E-state index contributed by atoms with van der Waals surface area (Å²) < 4.78 is 130. The summed E-state index contributed by atoms with van der Waals surface area (Å²) >= 11 is 0. The second-order valence-electron chi connectivity index (χ2n) is 4.28. The molecule has 0 fully saturated rings. The molecule has 1 nitrogen and oxygen atoms in total. The lowest BCUT2D eigenvalue weighted by molar-refractivity contribution is -0.286. The molecule has 0 heterocycles. The molecule has 0 radical (unpaired) electrons. The minimum atomic E-state index is -5.26. The number of halogens is 10. The molecular formula is C10H12F10O. The normalized spacial score (nSPS) is 19.7. The van der Waals surface area contributed by atoms with Crippen LogP contribution in [0.15, 0.2) is 0 Å². The number of rotatable bonds is 8. The third-order valence-electron chi connectivity index (χ3n) is 2.47. The van der Waals surface area contributed by atoms with Crippen LogP contribution < -0.4 is 0 Å². The smallest absolute Gasteiger partial charge is 0.335 e. The Morgan fingerprint density at radius 2 is 0.857 bits per heavy atom. The SMILES string of the molecule is CC(F)C(OC(C(C)F)C(F)(F)C(F)F)C(F)(F)C(F)F. The summed E-state index contributed by atoms with van der Waals surface area (Å²) in [4.78, 5) is 0. The van der Waals surface area contributed by atoms with Gasteiger partial charge in [-0.15, -0.1) is 0 Å². The monoisotopic (exact) mass is 338 g/mol. The van der Waals surface area contributed by atoms with Crippen molar-refractivity contribution in [1.29, 1.82) is 0 Å². The van der Waals surface area contributed by atoms with Crippen molar-refractivity contribution < 1.29 is 48.6 Å². The van der Waals surface area contributed by atoms with E-state index in [9.17, 15) is 43.9 Å². The molecule has 0 bridgehead atoms. The predicted molar refractivity (Wildman–Crippen MR) is 51.7 cm³/mol. The zero-order chi connectivity index (χ0) is 17.2. The van der Waals surface area contributed by atoms with Crippen LogP contribution in [0.25, 0.3) is 0 Å². The third-order valence-corrected chi connectivity index (χ3v) is 2.47. The van der Waals surface area contributed by atoms with Gasteiger partial charge in [-0.05, 0) is 13.8 Å². The number of hydrogen-bond donors (Lipinski definition) is 0. The van der Waals surface area contributed by atoms with Gasteiger partial charge >= 0.3 is 24.7 Å². The van der Waals surface area contributed by atoms with Crippen molar-refractivity contribution in [3.05, 3.63) is 0 Å². The summed E-state index contributed by atoms with van der Waals surface area (Å²) in [6.45, 7) is 0.531. The number of hydrogen-bond acceptors (Lipinski definition) is 1. The average Bonchev–Trinajstić information content (AvgIpc) is 2.26. The fourth-order valence-electron chi connectivity index (χ4n) is 1.42. The quantitative estimate of drug-likeness (QED) is 0.601. The average molecular weight is 338 g/mol. The molecule has 0 rings (SSSR count). The van der Waals surface area contributed by atoms with E-state index < -0.39 is 49.2 Å². The maximum absolute atomic E-state index is 13.0. The highest BCUT2D eigenvalue weighted by Crippen LogP contribution is 2.38. The third kappa shape index (κ3) is 4.62. The summed E-state index contributed by atoms with van der Waals surface area (Å²) in [7, 11) is 0. The first-order chi connectivity index (χ1) is 9.26. The zero-order valence-corrected chi connectivity index (χ0v) is 10.7. The minimum Gasteiger partial charge on any atom is -0.356 e. The Kier molecular flexibility index (Phi) is 6.77. The van der Waals surface area contributed by atoms with Crippen LogP contribution in [0, 0.1) is 0 Å². The van der Waals surface area contributed by atoms with Crippen molar-refractivity contribution in [3.8, 4) is 0 Å². The highest BCUT2D eigenvalue weighted by Gasteiger charge is 2.59. The molecule has 128 valence electrons. The van der Waals surface area contributed by atoms with Crippen LogP contribution in [0.4, 0.5) is 43.9 Å². The lowest BCUT2D eigenvalue weighted by Crippen LogP contribution is -2.55. The van der Waals surface area contributed by atoms with Crippen molar-refractivity contribution in [3.63, 3.8) is 0 Å². The predicted octanol–water partition coefficient (Wildman–Crippen LogP) is 4.26. The molecule has 0 amide bonds. The molecule has 0 aliphatic heterocycles. The van der Waals surface area contributed by atoms with Crippen LogP contribution in [0.3, 0.4) is 0 Å². The zero-order valence-electron chi connectivity index (χ0n) is 10.7. The largest absolute Gasteiger partial charge is 0.356 e. The van der Waals surface area contributed by atoms with Crippen LogP contribution in [0.1, 0.15) is 13.8 Å². The maximum Gasteiger partial charge on any atom is 0.335 e. The fourth-order valence-corrected chi connectivity index (χ4v) is 1.42. The molecule has 21 heavy (non-hydrogen) atoms. The standard InChI is InChI=1S/C10H12F10O/c1-3(11)5(9(17,18)7(13)14)21-6(4(2)12)10(19,20)8(15)16/h3-8H,1-2H3. The fraction of sp³-hybridized carbons (Fsp3) is 1.00. The van der Waals surface area contributed by atoms with Crippen LogP contribution in [0.2, 0.25) is 0 Å². The molecule has 0 aliphatic carbocycles. The van der Waals surface area contributed by atoms with Gasteiger partial charge in [-0.2, -0.15) is 17.6 Å². The molecule has 0 aromatic carbocycles. The van der Waals surface area contributed by atoms with Crippen LogP contribution in [-0.2, 0) is 4.74 Å². The lowest BCUT2D eigenvalue weighted by atomic mass is 10.1. The maximum atomic E-state index is 13.0. The molecule has 0 aliphatic rings. The van der Waals surface area contributed by atoms with E-state index >= 15 is 0 Å². The lowest BCUT2D eigenvalue weighted by Gasteiger charge is -2.34. The Balaban J connectivity index is 5.48. The van der Waals surface area contributed by atoms with Gasteiger partial charge in [-0.1, -0.05) is 0 Å². The molecule has 0 saturated heterocycles. The van der Waals surface area contributed by atoms with E-state index in [-0.39, 0.29) is 13.8 Å². The summed E-state index contributed by atoms with van der Waals surface area (Å²) in [5.41, 5.74) is 0. The number of alkyl halides is 10. The Bertz CT molecular complexity index is 287. The van der Waals surface area contributed by atoms with E-state index in [1.54, 1.807) is 0 Å². The van der Waals surface area contributed by atoms with Crippen molar-refractivity contribution in [2.24, 2.45) is 0 Å². The van der Waals surface area contributed by atoms with Gasteiger partial charge in [0, 0.05) is 0 Å². The van der Waals surface area contributed by atoms with Crippen LogP contribution in [-0.4, -0.2) is 49.2 Å². The van der Waals surface area contributed by atoms with E-state index in [1.807, 2.05) is 0 Å². The molecule has 0 N–H and O–H groups in total. The Morgan fingerprint density at radius 3 is 1.00 bits per heavy atom. The second kappa shape index (κ2) is 7.01. The van der Waals surface area contributed by atoms with Crippen molar-refractivity contribution in [2.75, 3.05) is 0 Å². The van der Waals surface area contributed by atoms with Gasteiger partial charge < -0.3 is 4.74 Å². The number of ether oxygens (including phenoxy) is 1. The second-order valence-corrected chi connectivity index (χ2v) is 4.28. The Morgan fingerprint density at radius 1 is 0.619 bits per heavy atom. The van der Waals surface area contributed by atoms with Gasteiger partial charge in [0.1, 0.15) is 12.3 Å². The van der Waals surface area contributed by atoms with Crippen LogP contribution >= 0.6 is 0 Å². The van der Waals surface area contributed by atoms with Gasteiger partial charge in [0.05, 0.1) is 0 Å². The molecular weight excluding hydrogens is 326 g/mol. The molecule has 4 atom stereocenters. The molecule has 11 heteroatoms. The van der Waals surface area contributed by atoms with Gasteiger partial charge in [-0.25, -0.2) is 26.3 Å². The van der Waals surface area contributed by atoms with E-state index in [0.29, 0.717) is 0 Å². The summed E-state index contributed by atoms with van der Waals surface area (Å²) in [5, 5.41) is 0. The topological polar surface area (TPSA) is 9.23 Å². The van der Waals surface area contributed by atoms with Gasteiger partial charge in [0.15, 0.2) is 12.2 Å². The van der Waals surface area contributed by atoms with Crippen LogP contribution in [0.5, 0.6) is 0 Å². The Hall–Kier alpha value is -0.740. The van der Waals surface area contributed by atoms with Gasteiger partial charge in [0.25, 0.3) is 0 Å². The minimum absolute atomic E-state index is 0.265. The van der Waals surface area contributed by atoms with Crippen molar-refractivity contribution in [2.45, 2.75) is 63.1 Å². The van der Waals surface area contributed by atoms with E-state index in [4.69, 9.17) is 0 Å². The molecule has 4 unspecified atom stereocenters. The summed E-state index contributed by atoms with van der Waals surface area (Å²) in [5.74, 6) is -10.5. The van der Waals surface area contributed by atoms with E-state index in [1.165, 1.54) is 0 Å². The Labute approximate surface area is 113 Å². The first-order valence-electron chi connectivity index (χ1n) is 5.51.